The minimum atomic E-state index is -0.135. The van der Waals surface area contributed by atoms with Crippen LogP contribution in [0, 0.1) is 20.8 Å². The molecule has 0 fully saturated rings. The zero-order valence-corrected chi connectivity index (χ0v) is 13.0. The lowest BCUT2D eigenvalue weighted by Gasteiger charge is -1.96. The normalized spacial score (nSPS) is 11.2. The van der Waals surface area contributed by atoms with Gasteiger partial charge in [-0.2, -0.15) is 0 Å². The van der Waals surface area contributed by atoms with E-state index < -0.39 is 0 Å². The summed E-state index contributed by atoms with van der Waals surface area (Å²) in [7, 11) is 0. The van der Waals surface area contributed by atoms with Gasteiger partial charge in [-0.1, -0.05) is 15.9 Å². The molecule has 0 amide bonds. The van der Waals surface area contributed by atoms with Crippen LogP contribution in [0.1, 0.15) is 33.2 Å². The zero-order chi connectivity index (χ0) is 14.4. The van der Waals surface area contributed by atoms with Gasteiger partial charge in [-0.05, 0) is 45.0 Å². The van der Waals surface area contributed by atoms with Crippen LogP contribution in [-0.4, -0.2) is 5.78 Å². The van der Waals surface area contributed by atoms with Crippen LogP contribution >= 0.6 is 15.9 Å². The lowest BCUT2D eigenvalue weighted by atomic mass is 10.1. The Morgan fingerprint density at radius 3 is 2.50 bits per heavy atom. The number of furan rings is 2. The first-order valence-electron chi connectivity index (χ1n) is 6.27. The summed E-state index contributed by atoms with van der Waals surface area (Å²) in [6, 6.07) is 7.50. The summed E-state index contributed by atoms with van der Waals surface area (Å²) in [6.07, 6.45) is 0. The standard InChI is InChI=1S/C16H13BrO3/c1-8-6-13(10(3)19-8)15(18)16-9(2)12-5-4-11(17)7-14(12)20-16/h4-7H,1-3H3. The average molecular weight is 333 g/mol. The fourth-order valence-corrected chi connectivity index (χ4v) is 2.73. The predicted octanol–water partition coefficient (Wildman–Crippen LogP) is 4.94. The fraction of sp³-hybridized carbons (Fsp3) is 0.188. The molecule has 3 nitrogen and oxygen atoms in total. The monoisotopic (exact) mass is 332 g/mol. The molecule has 0 unspecified atom stereocenters. The van der Waals surface area contributed by atoms with Gasteiger partial charge in [-0.15, -0.1) is 0 Å². The maximum Gasteiger partial charge on any atom is 0.232 e. The van der Waals surface area contributed by atoms with Crippen LogP contribution in [0.5, 0.6) is 0 Å². The number of ketones is 1. The highest BCUT2D eigenvalue weighted by atomic mass is 79.9. The van der Waals surface area contributed by atoms with E-state index in [1.165, 1.54) is 0 Å². The van der Waals surface area contributed by atoms with Crippen LogP contribution in [0.4, 0.5) is 0 Å². The van der Waals surface area contributed by atoms with E-state index in [0.29, 0.717) is 22.7 Å². The van der Waals surface area contributed by atoms with Crippen molar-refractivity contribution in [1.82, 2.24) is 0 Å². The van der Waals surface area contributed by atoms with Gasteiger partial charge in [0.1, 0.15) is 17.1 Å². The number of rotatable bonds is 2. The van der Waals surface area contributed by atoms with Gasteiger partial charge in [0.25, 0.3) is 0 Å². The van der Waals surface area contributed by atoms with Crippen molar-refractivity contribution in [2.24, 2.45) is 0 Å². The number of carbonyl (C=O) groups is 1. The van der Waals surface area contributed by atoms with Gasteiger partial charge in [-0.3, -0.25) is 4.79 Å². The molecule has 1 aromatic carbocycles. The average Bonchev–Trinajstić information content (AvgIpc) is 2.89. The molecule has 0 saturated heterocycles. The van der Waals surface area contributed by atoms with Gasteiger partial charge in [0.05, 0.1) is 5.56 Å². The van der Waals surface area contributed by atoms with Crippen molar-refractivity contribution in [3.63, 3.8) is 0 Å². The predicted molar refractivity (Wildman–Crippen MR) is 80.3 cm³/mol. The molecular weight excluding hydrogens is 320 g/mol. The minimum Gasteiger partial charge on any atom is -0.466 e. The number of benzene rings is 1. The fourth-order valence-electron chi connectivity index (χ4n) is 2.39. The van der Waals surface area contributed by atoms with Crippen LogP contribution < -0.4 is 0 Å². The summed E-state index contributed by atoms with van der Waals surface area (Å²) in [4.78, 5) is 12.6. The van der Waals surface area contributed by atoms with Crippen LogP contribution in [0.25, 0.3) is 11.0 Å². The molecule has 0 aliphatic carbocycles. The summed E-state index contributed by atoms with van der Waals surface area (Å²) < 4.78 is 12.1. The Labute approximate surface area is 124 Å². The highest BCUT2D eigenvalue weighted by Crippen LogP contribution is 2.30. The molecule has 102 valence electrons. The number of hydrogen-bond acceptors (Lipinski definition) is 3. The largest absolute Gasteiger partial charge is 0.466 e. The number of carbonyl (C=O) groups excluding carboxylic acids is 1. The van der Waals surface area contributed by atoms with E-state index in [2.05, 4.69) is 15.9 Å². The van der Waals surface area contributed by atoms with E-state index in [0.717, 1.165) is 21.2 Å². The molecule has 0 radical (unpaired) electrons. The Bertz CT molecular complexity index is 824. The first-order chi connectivity index (χ1) is 9.47. The molecule has 0 spiro atoms. The molecule has 4 heteroatoms. The molecule has 20 heavy (non-hydrogen) atoms. The molecule has 0 atom stereocenters. The van der Waals surface area contributed by atoms with E-state index in [1.54, 1.807) is 13.0 Å². The molecule has 0 bridgehead atoms. The van der Waals surface area contributed by atoms with Crippen LogP contribution in [0.3, 0.4) is 0 Å². The minimum absolute atomic E-state index is 0.135. The van der Waals surface area contributed by atoms with Gasteiger partial charge in [-0.25, -0.2) is 0 Å². The Hall–Kier alpha value is -1.81. The van der Waals surface area contributed by atoms with E-state index in [-0.39, 0.29) is 5.78 Å². The van der Waals surface area contributed by atoms with Crippen LogP contribution in [-0.2, 0) is 0 Å². The first-order valence-corrected chi connectivity index (χ1v) is 7.07. The van der Waals surface area contributed by atoms with Crippen molar-refractivity contribution in [3.05, 3.63) is 57.1 Å². The smallest absolute Gasteiger partial charge is 0.232 e. The van der Waals surface area contributed by atoms with E-state index in [9.17, 15) is 4.79 Å². The highest BCUT2D eigenvalue weighted by Gasteiger charge is 2.22. The van der Waals surface area contributed by atoms with Crippen molar-refractivity contribution < 1.29 is 13.6 Å². The molecule has 0 N–H and O–H groups in total. The Balaban J connectivity index is 2.17. The lowest BCUT2D eigenvalue weighted by Crippen LogP contribution is -2.01. The number of halogens is 1. The van der Waals surface area contributed by atoms with Crippen molar-refractivity contribution in [2.75, 3.05) is 0 Å². The van der Waals surface area contributed by atoms with E-state index in [1.807, 2.05) is 32.0 Å². The van der Waals surface area contributed by atoms with Crippen molar-refractivity contribution in [3.8, 4) is 0 Å². The maximum absolute atomic E-state index is 12.6. The van der Waals surface area contributed by atoms with Crippen LogP contribution in [0.15, 0.2) is 37.6 Å². The molecule has 0 saturated carbocycles. The molecule has 3 aromatic rings. The van der Waals surface area contributed by atoms with Crippen molar-refractivity contribution in [1.29, 1.82) is 0 Å². The molecule has 2 aromatic heterocycles. The zero-order valence-electron chi connectivity index (χ0n) is 11.4. The van der Waals surface area contributed by atoms with Gasteiger partial charge in [0, 0.05) is 15.4 Å². The lowest BCUT2D eigenvalue weighted by molar-refractivity contribution is 0.101. The summed E-state index contributed by atoms with van der Waals surface area (Å²) in [5.41, 5.74) is 2.12. The summed E-state index contributed by atoms with van der Waals surface area (Å²) in [5, 5.41) is 0.953. The van der Waals surface area contributed by atoms with Gasteiger partial charge in [0.2, 0.25) is 5.78 Å². The van der Waals surface area contributed by atoms with Gasteiger partial charge < -0.3 is 8.83 Å². The molecular formula is C16H13BrO3. The first kappa shape index (κ1) is 13.2. The number of aryl methyl sites for hydroxylation is 3. The maximum atomic E-state index is 12.6. The van der Waals surface area contributed by atoms with Gasteiger partial charge >= 0.3 is 0 Å². The second-order valence-corrected chi connectivity index (χ2v) is 5.77. The Kier molecular flexibility index (Phi) is 3.05. The highest BCUT2D eigenvalue weighted by molar-refractivity contribution is 9.10. The second-order valence-electron chi connectivity index (χ2n) is 4.85. The molecule has 2 heterocycles. The number of hydrogen-bond donors (Lipinski definition) is 0. The third-order valence-corrected chi connectivity index (χ3v) is 3.89. The summed E-state index contributed by atoms with van der Waals surface area (Å²) >= 11 is 3.40. The SMILES string of the molecule is Cc1cc(C(=O)c2oc3cc(Br)ccc3c2C)c(C)o1. The summed E-state index contributed by atoms with van der Waals surface area (Å²) in [5.74, 6) is 1.59. The third kappa shape index (κ3) is 2.00. The van der Waals surface area contributed by atoms with Gasteiger partial charge in [0.15, 0.2) is 5.76 Å². The summed E-state index contributed by atoms with van der Waals surface area (Å²) in [6.45, 7) is 5.51. The van der Waals surface area contributed by atoms with Crippen molar-refractivity contribution in [2.45, 2.75) is 20.8 Å². The Morgan fingerprint density at radius 2 is 1.85 bits per heavy atom. The second kappa shape index (κ2) is 4.63. The number of fused-ring (bicyclic) bond motifs is 1. The third-order valence-electron chi connectivity index (χ3n) is 3.39. The Morgan fingerprint density at radius 1 is 1.10 bits per heavy atom. The van der Waals surface area contributed by atoms with Crippen molar-refractivity contribution >= 4 is 32.7 Å². The van der Waals surface area contributed by atoms with E-state index >= 15 is 0 Å². The molecule has 0 aliphatic rings. The molecule has 0 aliphatic heterocycles. The quantitative estimate of drug-likeness (QED) is 0.624. The van der Waals surface area contributed by atoms with Crippen LogP contribution in [0.2, 0.25) is 0 Å². The topological polar surface area (TPSA) is 43.4 Å². The van der Waals surface area contributed by atoms with E-state index in [4.69, 9.17) is 8.83 Å². The molecule has 3 rings (SSSR count).